The second-order valence-corrected chi connectivity index (χ2v) is 9.66. The van der Waals surface area contributed by atoms with Crippen molar-refractivity contribution in [1.82, 2.24) is 4.57 Å². The number of anilines is 1. The zero-order chi connectivity index (χ0) is 22.7. The Hall–Kier alpha value is -3.12. The van der Waals surface area contributed by atoms with Crippen LogP contribution in [0.25, 0.3) is 22.2 Å². The second-order valence-electron chi connectivity index (χ2n) is 9.66. The molecule has 1 aromatic heterocycles. The van der Waals surface area contributed by atoms with Crippen LogP contribution in [-0.2, 0) is 11.3 Å². The fourth-order valence-electron chi connectivity index (χ4n) is 6.44. The van der Waals surface area contributed by atoms with Crippen molar-refractivity contribution in [2.45, 2.75) is 56.9 Å². The minimum absolute atomic E-state index is 0.108. The summed E-state index contributed by atoms with van der Waals surface area (Å²) in [6.07, 6.45) is 6.82. The van der Waals surface area contributed by atoms with Crippen molar-refractivity contribution in [3.05, 3.63) is 53.1 Å². The molecule has 2 aromatic carbocycles. The summed E-state index contributed by atoms with van der Waals surface area (Å²) in [6, 6.07) is 11.8. The van der Waals surface area contributed by atoms with Gasteiger partial charge in [0.05, 0.1) is 22.9 Å². The predicted octanol–water partition coefficient (Wildman–Crippen LogP) is 4.85. The summed E-state index contributed by atoms with van der Waals surface area (Å²) in [5.74, 6) is -0.635. The first-order chi connectivity index (χ1) is 16.1. The molecule has 0 spiro atoms. The highest BCUT2D eigenvalue weighted by molar-refractivity contribution is 6.10. The van der Waals surface area contributed by atoms with Gasteiger partial charge in [-0.25, -0.2) is 4.79 Å². The fraction of sp³-hybridized carbons (Fsp3) is 0.407. The zero-order valence-electron chi connectivity index (χ0n) is 18.7. The highest BCUT2D eigenvalue weighted by Gasteiger charge is 2.40. The molecule has 3 heterocycles. The normalized spacial score (nSPS) is 20.5. The first kappa shape index (κ1) is 20.5. The van der Waals surface area contributed by atoms with Crippen molar-refractivity contribution in [2.24, 2.45) is 5.73 Å². The largest absolute Gasteiger partial charge is 0.478 e. The van der Waals surface area contributed by atoms with E-state index in [0.29, 0.717) is 24.6 Å². The molecule has 33 heavy (non-hydrogen) atoms. The number of aryl methyl sites for hydroxylation is 1. The van der Waals surface area contributed by atoms with Gasteiger partial charge in [-0.1, -0.05) is 43.5 Å². The molecule has 0 radical (unpaired) electrons. The Bertz CT molecular complexity index is 1290. The summed E-state index contributed by atoms with van der Waals surface area (Å²) in [6.45, 7) is 1.71. The maximum absolute atomic E-state index is 13.2. The van der Waals surface area contributed by atoms with Crippen LogP contribution < -0.4 is 10.6 Å². The Morgan fingerprint density at radius 1 is 1.06 bits per heavy atom. The number of rotatable bonds is 3. The Morgan fingerprint density at radius 2 is 1.88 bits per heavy atom. The Balaban J connectivity index is 1.69. The molecule has 1 saturated carbocycles. The maximum atomic E-state index is 13.2. The molecule has 0 bridgehead atoms. The van der Waals surface area contributed by atoms with E-state index in [1.807, 2.05) is 29.2 Å². The van der Waals surface area contributed by atoms with Crippen molar-refractivity contribution >= 4 is 28.5 Å². The van der Waals surface area contributed by atoms with Crippen LogP contribution in [0.15, 0.2) is 36.4 Å². The Labute approximate surface area is 193 Å². The van der Waals surface area contributed by atoms with Gasteiger partial charge in [-0.2, -0.15) is 0 Å². The van der Waals surface area contributed by atoms with Crippen LogP contribution in [0.5, 0.6) is 0 Å². The standard InChI is InChI=1S/C27H29N3O3/c28-15-21-18-8-4-9-20-24(18)30(26(21)31)13-5-12-29-22-14-17(27(32)33)10-11-19(22)23(25(20)29)16-6-2-1-3-7-16/h4,8-11,14,16,21H,1-3,5-7,12-13,15,28H2,(H,32,33). The first-order valence-corrected chi connectivity index (χ1v) is 12.1. The topological polar surface area (TPSA) is 88.6 Å². The number of carbonyl (C=O) groups excluding carboxylic acids is 1. The molecule has 3 N–H and O–H groups in total. The molecular weight excluding hydrogens is 414 g/mol. The molecular formula is C27H29N3O3. The van der Waals surface area contributed by atoms with Gasteiger partial charge in [-0.3, -0.25) is 4.79 Å². The number of para-hydroxylation sites is 1. The van der Waals surface area contributed by atoms with Gasteiger partial charge >= 0.3 is 5.97 Å². The quantitative estimate of drug-likeness (QED) is 0.606. The molecule has 170 valence electrons. The van der Waals surface area contributed by atoms with Crippen LogP contribution in [0.2, 0.25) is 0 Å². The van der Waals surface area contributed by atoms with Crippen LogP contribution in [0.3, 0.4) is 0 Å². The maximum Gasteiger partial charge on any atom is 0.335 e. The van der Waals surface area contributed by atoms with E-state index in [0.717, 1.165) is 53.5 Å². The molecule has 3 aliphatic rings. The molecule has 3 aromatic rings. The number of carboxylic acid groups (broad SMARTS) is 1. The van der Waals surface area contributed by atoms with Gasteiger partial charge < -0.3 is 20.3 Å². The molecule has 1 atom stereocenters. The Kier molecular flexibility index (Phi) is 4.80. The van der Waals surface area contributed by atoms with Gasteiger partial charge in [0, 0.05) is 36.1 Å². The number of aromatic nitrogens is 1. The number of hydrogen-bond acceptors (Lipinski definition) is 3. The number of benzene rings is 2. The highest BCUT2D eigenvalue weighted by atomic mass is 16.4. The lowest BCUT2D eigenvalue weighted by Crippen LogP contribution is -2.33. The molecule has 6 rings (SSSR count). The summed E-state index contributed by atoms with van der Waals surface area (Å²) < 4.78 is 2.33. The molecule has 0 saturated heterocycles. The number of aromatic carboxylic acids is 1. The lowest BCUT2D eigenvalue weighted by molar-refractivity contribution is -0.119. The van der Waals surface area contributed by atoms with Crippen molar-refractivity contribution in [3.63, 3.8) is 0 Å². The predicted molar refractivity (Wildman–Crippen MR) is 129 cm³/mol. The van der Waals surface area contributed by atoms with E-state index in [4.69, 9.17) is 5.73 Å². The van der Waals surface area contributed by atoms with E-state index >= 15 is 0 Å². The monoisotopic (exact) mass is 443 g/mol. The van der Waals surface area contributed by atoms with Crippen LogP contribution in [0, 0.1) is 0 Å². The number of amides is 1. The van der Waals surface area contributed by atoms with E-state index in [1.165, 1.54) is 30.5 Å². The number of nitrogens with two attached hydrogens (primary N) is 1. The van der Waals surface area contributed by atoms with E-state index in [9.17, 15) is 14.7 Å². The van der Waals surface area contributed by atoms with Gasteiger partial charge in [0.1, 0.15) is 0 Å². The smallest absolute Gasteiger partial charge is 0.335 e. The minimum atomic E-state index is -0.902. The molecule has 1 unspecified atom stereocenters. The molecule has 1 aliphatic carbocycles. The van der Waals surface area contributed by atoms with Gasteiger partial charge in [0.15, 0.2) is 0 Å². The zero-order valence-corrected chi connectivity index (χ0v) is 18.7. The number of fused-ring (bicyclic) bond motifs is 4. The number of nitrogens with zero attached hydrogens (tertiary/aromatic N) is 2. The molecule has 1 amide bonds. The van der Waals surface area contributed by atoms with E-state index in [2.05, 4.69) is 10.6 Å². The average molecular weight is 444 g/mol. The van der Waals surface area contributed by atoms with Crippen molar-refractivity contribution < 1.29 is 14.7 Å². The van der Waals surface area contributed by atoms with E-state index in [-0.39, 0.29) is 11.8 Å². The molecule has 6 heteroatoms. The van der Waals surface area contributed by atoms with Crippen molar-refractivity contribution in [2.75, 3.05) is 18.0 Å². The third-order valence-electron chi connectivity index (χ3n) is 7.90. The van der Waals surface area contributed by atoms with Gasteiger partial charge in [-0.05, 0) is 48.4 Å². The van der Waals surface area contributed by atoms with E-state index < -0.39 is 5.97 Å². The minimum Gasteiger partial charge on any atom is -0.478 e. The van der Waals surface area contributed by atoms with Crippen molar-refractivity contribution in [3.8, 4) is 11.3 Å². The highest BCUT2D eigenvalue weighted by Crippen LogP contribution is 2.50. The second kappa shape index (κ2) is 7.73. The average Bonchev–Trinajstić information content (AvgIpc) is 3.28. The van der Waals surface area contributed by atoms with Crippen LogP contribution in [0.4, 0.5) is 5.69 Å². The SMILES string of the molecule is NCC1C(=O)N2CCCn3c(c(C4CCCCC4)c4ccc(C(=O)O)cc43)-c3cccc1c32. The lowest BCUT2D eigenvalue weighted by Gasteiger charge is -2.28. The fourth-order valence-corrected chi connectivity index (χ4v) is 6.44. The van der Waals surface area contributed by atoms with Crippen LogP contribution in [0.1, 0.15) is 71.8 Å². The third-order valence-corrected chi connectivity index (χ3v) is 7.90. The summed E-state index contributed by atoms with van der Waals surface area (Å²) in [7, 11) is 0. The number of carboxylic acids is 1. The Morgan fingerprint density at radius 3 is 2.64 bits per heavy atom. The first-order valence-electron chi connectivity index (χ1n) is 12.1. The van der Waals surface area contributed by atoms with Gasteiger partial charge in [0.25, 0.3) is 0 Å². The van der Waals surface area contributed by atoms with Crippen LogP contribution >= 0.6 is 0 Å². The molecule has 2 aliphatic heterocycles. The van der Waals surface area contributed by atoms with Gasteiger partial charge in [-0.15, -0.1) is 0 Å². The summed E-state index contributed by atoms with van der Waals surface area (Å²) in [5.41, 5.74) is 13.0. The summed E-state index contributed by atoms with van der Waals surface area (Å²) >= 11 is 0. The van der Waals surface area contributed by atoms with Gasteiger partial charge in [0.2, 0.25) is 5.91 Å². The number of carbonyl (C=O) groups is 2. The summed E-state index contributed by atoms with van der Waals surface area (Å²) in [4.78, 5) is 27.0. The third kappa shape index (κ3) is 2.97. The van der Waals surface area contributed by atoms with Crippen LogP contribution in [-0.4, -0.2) is 34.6 Å². The molecule has 6 nitrogen and oxygen atoms in total. The number of hydrogen-bond donors (Lipinski definition) is 2. The van der Waals surface area contributed by atoms with E-state index in [1.54, 1.807) is 6.07 Å². The molecule has 1 fully saturated rings. The lowest BCUT2D eigenvalue weighted by atomic mass is 9.81. The summed E-state index contributed by atoms with van der Waals surface area (Å²) in [5, 5.41) is 10.8. The van der Waals surface area contributed by atoms with Crippen molar-refractivity contribution in [1.29, 1.82) is 0 Å².